The summed E-state index contributed by atoms with van der Waals surface area (Å²) < 4.78 is 0. The van der Waals surface area contributed by atoms with E-state index < -0.39 is 5.91 Å². The Morgan fingerprint density at radius 2 is 1.84 bits per heavy atom. The Balaban J connectivity index is 0.000000387. The van der Waals surface area contributed by atoms with Gasteiger partial charge in [0.25, 0.3) is 5.91 Å². The van der Waals surface area contributed by atoms with Crippen molar-refractivity contribution in [3.05, 3.63) is 71.9 Å². The van der Waals surface area contributed by atoms with E-state index in [-0.39, 0.29) is 6.54 Å². The summed E-state index contributed by atoms with van der Waals surface area (Å²) >= 11 is 0. The molecular weight excluding hydrogens is 476 g/mol. The van der Waals surface area contributed by atoms with Gasteiger partial charge in [-0.05, 0) is 63.6 Å². The Bertz CT molecular complexity index is 1290. The number of carbonyl (C=O) groups is 2. The van der Waals surface area contributed by atoms with Crippen LogP contribution in [0.5, 0.6) is 0 Å². The molecule has 5 N–H and O–H groups in total. The summed E-state index contributed by atoms with van der Waals surface area (Å²) in [5.41, 5.74) is 13.0. The number of carbonyl (C=O) groups excluding carboxylic acids is 2. The number of anilines is 1. The predicted octanol–water partition coefficient (Wildman–Crippen LogP) is 4.76. The number of nitrogens with zero attached hydrogens (tertiary/aromatic N) is 3. The second-order valence-electron chi connectivity index (χ2n) is 9.18. The fourth-order valence-electron chi connectivity index (χ4n) is 4.38. The summed E-state index contributed by atoms with van der Waals surface area (Å²) in [6.07, 6.45) is 7.90. The molecule has 1 aliphatic carbocycles. The van der Waals surface area contributed by atoms with Crippen LogP contribution in [0.4, 0.5) is 5.69 Å². The van der Waals surface area contributed by atoms with Crippen molar-refractivity contribution in [2.75, 3.05) is 33.0 Å². The smallest absolute Gasteiger partial charge is 0.250 e. The van der Waals surface area contributed by atoms with E-state index in [2.05, 4.69) is 41.6 Å². The molecule has 0 atom stereocenters. The maximum absolute atomic E-state index is 11.9. The molecule has 8 nitrogen and oxygen atoms in total. The van der Waals surface area contributed by atoms with E-state index in [1.54, 1.807) is 30.3 Å². The van der Waals surface area contributed by atoms with Crippen molar-refractivity contribution in [2.24, 2.45) is 11.5 Å². The zero-order valence-corrected chi connectivity index (χ0v) is 22.5. The number of pyridine rings is 1. The number of amides is 1. The van der Waals surface area contributed by atoms with Crippen molar-refractivity contribution in [1.82, 2.24) is 9.88 Å². The highest BCUT2D eigenvalue weighted by molar-refractivity contribution is 6.08. The van der Waals surface area contributed by atoms with Crippen molar-refractivity contribution in [3.63, 3.8) is 0 Å². The van der Waals surface area contributed by atoms with Crippen LogP contribution in [0.3, 0.4) is 0 Å². The lowest BCUT2D eigenvalue weighted by Gasteiger charge is -2.27. The Kier molecular flexibility index (Phi) is 12.1. The number of aldehydes is 1. The third-order valence-electron chi connectivity index (χ3n) is 6.42. The van der Waals surface area contributed by atoms with Gasteiger partial charge in [-0.3, -0.25) is 9.59 Å². The summed E-state index contributed by atoms with van der Waals surface area (Å²) in [6.45, 7) is 3.84. The van der Waals surface area contributed by atoms with Crippen molar-refractivity contribution in [2.45, 2.75) is 38.1 Å². The fourth-order valence-corrected chi connectivity index (χ4v) is 4.38. The number of primary amides is 1. The van der Waals surface area contributed by atoms with Gasteiger partial charge in [-0.25, -0.2) is 4.98 Å². The first-order chi connectivity index (χ1) is 18.3. The molecule has 2 aromatic carbocycles. The van der Waals surface area contributed by atoms with Crippen molar-refractivity contribution >= 4 is 28.7 Å². The van der Waals surface area contributed by atoms with Crippen LogP contribution in [-0.4, -0.2) is 55.8 Å². The highest BCUT2D eigenvalue weighted by Gasteiger charge is 2.15. The quantitative estimate of drug-likeness (QED) is 0.305. The molecule has 0 spiro atoms. The average Bonchev–Trinajstić information content (AvgIpc) is 2.97. The second kappa shape index (κ2) is 15.3. The van der Waals surface area contributed by atoms with Crippen LogP contribution in [0.1, 0.15) is 53.0 Å². The van der Waals surface area contributed by atoms with E-state index in [4.69, 9.17) is 11.0 Å². The number of nitrogens with one attached hydrogen (secondary N) is 1. The zero-order valence-electron chi connectivity index (χ0n) is 22.5. The van der Waals surface area contributed by atoms with Crippen LogP contribution in [0, 0.1) is 11.3 Å². The summed E-state index contributed by atoms with van der Waals surface area (Å²) in [5.74, 6) is -0.576. The summed E-state index contributed by atoms with van der Waals surface area (Å²) in [6, 6.07) is 17.1. The predicted molar refractivity (Wildman–Crippen MR) is 155 cm³/mol. The lowest BCUT2D eigenvalue weighted by atomic mass is 9.95. The van der Waals surface area contributed by atoms with Crippen LogP contribution in [-0.2, 0) is 0 Å². The van der Waals surface area contributed by atoms with E-state index in [1.807, 2.05) is 24.3 Å². The van der Waals surface area contributed by atoms with Gasteiger partial charge in [0.1, 0.15) is 5.69 Å². The largest absolute Gasteiger partial charge is 0.379 e. The lowest BCUT2D eigenvalue weighted by Crippen LogP contribution is -2.29. The molecule has 1 heterocycles. The van der Waals surface area contributed by atoms with Crippen LogP contribution in [0.25, 0.3) is 22.0 Å². The molecule has 4 rings (SSSR count). The Morgan fingerprint density at radius 3 is 2.42 bits per heavy atom. The summed E-state index contributed by atoms with van der Waals surface area (Å²) in [4.78, 5) is 29.5. The molecule has 0 radical (unpaired) electrons. The number of benzene rings is 2. The molecule has 38 heavy (non-hydrogen) atoms. The number of hydrogen-bond acceptors (Lipinski definition) is 7. The third kappa shape index (κ3) is 8.23. The first kappa shape index (κ1) is 30.2. The molecule has 1 aliphatic rings. The Labute approximate surface area is 225 Å². The number of fused-ring (bicyclic) bond motifs is 1. The molecule has 0 unspecified atom stereocenters. The van der Waals surface area contributed by atoms with Gasteiger partial charge in [-0.1, -0.05) is 50.1 Å². The number of rotatable bonds is 7. The minimum atomic E-state index is -0.576. The monoisotopic (exact) mass is 514 g/mol. The zero-order chi connectivity index (χ0) is 28.1. The molecule has 1 fully saturated rings. The molecule has 8 heteroatoms. The number of nitrogens with two attached hydrogens (primary N) is 2. The molecule has 1 aromatic heterocycles. The molecule has 1 amide bonds. The molecule has 0 saturated heterocycles. The number of hydrogen-bond donors (Lipinski definition) is 3. The van der Waals surface area contributed by atoms with Gasteiger partial charge in [-0.15, -0.1) is 0 Å². The van der Waals surface area contributed by atoms with Crippen molar-refractivity contribution in [3.8, 4) is 17.3 Å². The van der Waals surface area contributed by atoms with Crippen molar-refractivity contribution in [1.29, 1.82) is 5.26 Å². The fraction of sp³-hybridized carbons (Fsp3) is 0.333. The van der Waals surface area contributed by atoms with Gasteiger partial charge in [-0.2, -0.15) is 5.26 Å². The highest BCUT2D eigenvalue weighted by Crippen LogP contribution is 2.31. The van der Waals surface area contributed by atoms with E-state index in [0.717, 1.165) is 22.4 Å². The Morgan fingerprint density at radius 1 is 1.16 bits per heavy atom. The number of nitriles is 1. The maximum atomic E-state index is 11.9. The molecule has 0 aliphatic heterocycles. The van der Waals surface area contributed by atoms with E-state index in [0.29, 0.717) is 34.5 Å². The van der Waals surface area contributed by atoms with Crippen LogP contribution in [0.2, 0.25) is 0 Å². The van der Waals surface area contributed by atoms with Gasteiger partial charge in [0, 0.05) is 29.1 Å². The second-order valence-corrected chi connectivity index (χ2v) is 9.18. The maximum Gasteiger partial charge on any atom is 0.250 e. The van der Waals surface area contributed by atoms with Gasteiger partial charge >= 0.3 is 0 Å². The van der Waals surface area contributed by atoms with E-state index in [1.165, 1.54) is 39.2 Å². The van der Waals surface area contributed by atoms with Gasteiger partial charge in [0.2, 0.25) is 0 Å². The highest BCUT2D eigenvalue weighted by atomic mass is 16.1. The SMILES string of the molecule is C=C(C#N)CNc1c(C(N)=O)ccc2ccc(-c3cccc(C=O)n3)cc12.CN.CN(C)C1CCCCC1. The molecular formula is C30H38N6O2. The van der Waals surface area contributed by atoms with Gasteiger partial charge in [0.05, 0.1) is 23.0 Å². The molecule has 200 valence electrons. The standard InChI is InChI=1S/C21H16N4O2.C8H17N.CH5N/c1-13(10-22)11-24-20-17(21(23)27)8-7-14-5-6-15(9-18(14)20)19-4-2-3-16(12-26)25-19;1-9(2)8-6-4-3-5-7-8;1-2/h2-9,12,24H,1,11H2,(H2,23,27);8H,3-7H2,1-2H3;2H2,1H3. The van der Waals surface area contributed by atoms with Crippen LogP contribution < -0.4 is 16.8 Å². The molecule has 3 aromatic rings. The number of aromatic nitrogens is 1. The minimum absolute atomic E-state index is 0.193. The normalized spacial score (nSPS) is 12.8. The van der Waals surface area contributed by atoms with Gasteiger partial charge in [0.15, 0.2) is 6.29 Å². The average molecular weight is 515 g/mol. The third-order valence-corrected chi connectivity index (χ3v) is 6.42. The van der Waals surface area contributed by atoms with Crippen molar-refractivity contribution < 1.29 is 9.59 Å². The first-order valence-corrected chi connectivity index (χ1v) is 12.7. The summed E-state index contributed by atoms with van der Waals surface area (Å²) in [5, 5.41) is 13.7. The Hall–Kier alpha value is -4.06. The van der Waals surface area contributed by atoms with Crippen LogP contribution in [0.15, 0.2) is 60.7 Å². The molecule has 1 saturated carbocycles. The lowest BCUT2D eigenvalue weighted by molar-refractivity contribution is 0.100. The topological polar surface area (TPSA) is 138 Å². The van der Waals surface area contributed by atoms with Gasteiger partial charge < -0.3 is 21.7 Å². The minimum Gasteiger partial charge on any atom is -0.379 e. The van der Waals surface area contributed by atoms with Crippen LogP contribution >= 0.6 is 0 Å². The molecule has 0 bridgehead atoms. The van der Waals surface area contributed by atoms with E-state index in [9.17, 15) is 9.59 Å². The first-order valence-electron chi connectivity index (χ1n) is 12.7. The van der Waals surface area contributed by atoms with E-state index >= 15 is 0 Å². The summed E-state index contributed by atoms with van der Waals surface area (Å²) in [7, 11) is 5.88.